The number of hydrogen-bond donors (Lipinski definition) is 1. The first-order chi connectivity index (χ1) is 12.6. The van der Waals surface area contributed by atoms with Crippen LogP contribution in [0.25, 0.3) is 0 Å². The van der Waals surface area contributed by atoms with Gasteiger partial charge in [0.2, 0.25) is 5.88 Å². The number of nitrogens with zero attached hydrogens (tertiary/aromatic N) is 2. The van der Waals surface area contributed by atoms with Gasteiger partial charge in [-0.2, -0.15) is 0 Å². The molecule has 1 aromatic heterocycles. The van der Waals surface area contributed by atoms with Crippen molar-refractivity contribution >= 4 is 29.1 Å². The van der Waals surface area contributed by atoms with Crippen LogP contribution < -0.4 is 10.1 Å². The second-order valence-corrected chi connectivity index (χ2v) is 7.41. The summed E-state index contributed by atoms with van der Waals surface area (Å²) in [4.78, 5) is 19.3. The lowest BCUT2D eigenvalue weighted by Gasteiger charge is -2.27. The molecule has 2 fully saturated rings. The monoisotopic (exact) mass is 391 g/mol. The van der Waals surface area contributed by atoms with E-state index in [0.29, 0.717) is 33.3 Å². The number of carbonyl (C=O) groups excluding carboxylic acids is 1. The number of hydrogen-bond acceptors (Lipinski definition) is 4. The maximum atomic E-state index is 13.0. The van der Waals surface area contributed by atoms with E-state index in [-0.39, 0.29) is 11.9 Å². The number of amides is 1. The lowest BCUT2D eigenvalue weighted by Crippen LogP contribution is -2.42. The quantitative estimate of drug-likeness (QED) is 0.853. The van der Waals surface area contributed by atoms with Crippen LogP contribution in [0.1, 0.15) is 29.6 Å². The second kappa shape index (κ2) is 7.43. The van der Waals surface area contributed by atoms with Crippen molar-refractivity contribution in [3.63, 3.8) is 0 Å². The highest BCUT2D eigenvalue weighted by molar-refractivity contribution is 6.42. The minimum atomic E-state index is 0.0426. The predicted octanol–water partition coefficient (Wildman–Crippen LogP) is 4.15. The minimum Gasteiger partial charge on any atom is -0.437 e. The molecule has 0 radical (unpaired) electrons. The SMILES string of the molecule is O=C(c1ccc(Oc2cccc(Cl)c2Cl)nc1)N1C2CCNCC1CC2. The molecule has 2 aromatic rings. The molecular weight excluding hydrogens is 373 g/mol. The van der Waals surface area contributed by atoms with Crippen molar-refractivity contribution in [2.75, 3.05) is 13.1 Å². The van der Waals surface area contributed by atoms with Crippen molar-refractivity contribution in [3.8, 4) is 11.6 Å². The third kappa shape index (κ3) is 3.39. The van der Waals surface area contributed by atoms with E-state index in [1.54, 1.807) is 36.5 Å². The van der Waals surface area contributed by atoms with E-state index in [1.807, 2.05) is 4.90 Å². The van der Waals surface area contributed by atoms with Crippen LogP contribution in [-0.4, -0.2) is 41.0 Å². The molecule has 2 aliphatic rings. The molecule has 4 rings (SSSR count). The highest BCUT2D eigenvalue weighted by atomic mass is 35.5. The Kier molecular flexibility index (Phi) is 5.02. The Hall–Kier alpha value is -1.82. The van der Waals surface area contributed by atoms with E-state index in [0.717, 1.165) is 32.4 Å². The van der Waals surface area contributed by atoms with Crippen LogP contribution in [0.5, 0.6) is 11.6 Å². The first kappa shape index (κ1) is 17.6. The van der Waals surface area contributed by atoms with Crippen molar-refractivity contribution < 1.29 is 9.53 Å². The number of aromatic nitrogens is 1. The number of fused-ring (bicyclic) bond motifs is 2. The van der Waals surface area contributed by atoms with Gasteiger partial charge < -0.3 is 15.0 Å². The largest absolute Gasteiger partial charge is 0.437 e. The fourth-order valence-electron chi connectivity index (χ4n) is 3.71. The summed E-state index contributed by atoms with van der Waals surface area (Å²) in [6, 6.07) is 9.20. The summed E-state index contributed by atoms with van der Waals surface area (Å²) in [7, 11) is 0. The zero-order valence-electron chi connectivity index (χ0n) is 14.1. The van der Waals surface area contributed by atoms with Crippen molar-refractivity contribution in [1.82, 2.24) is 15.2 Å². The average molecular weight is 392 g/mol. The molecule has 2 saturated heterocycles. The van der Waals surface area contributed by atoms with Gasteiger partial charge in [0, 0.05) is 30.9 Å². The predicted molar refractivity (Wildman–Crippen MR) is 101 cm³/mol. The number of pyridine rings is 1. The molecule has 1 amide bonds. The molecular formula is C19H19Cl2N3O2. The second-order valence-electron chi connectivity index (χ2n) is 6.63. The van der Waals surface area contributed by atoms with Gasteiger partial charge in [0.05, 0.1) is 10.6 Å². The van der Waals surface area contributed by atoms with Crippen LogP contribution in [-0.2, 0) is 0 Å². The van der Waals surface area contributed by atoms with E-state index in [1.165, 1.54) is 0 Å². The molecule has 1 aromatic carbocycles. The summed E-state index contributed by atoms with van der Waals surface area (Å²) in [5, 5.41) is 4.16. The van der Waals surface area contributed by atoms with E-state index in [2.05, 4.69) is 10.3 Å². The molecule has 136 valence electrons. The summed E-state index contributed by atoms with van der Waals surface area (Å²) < 4.78 is 5.68. The molecule has 0 spiro atoms. The van der Waals surface area contributed by atoms with Gasteiger partial charge in [-0.1, -0.05) is 29.3 Å². The molecule has 0 aliphatic carbocycles. The van der Waals surface area contributed by atoms with Crippen molar-refractivity contribution in [1.29, 1.82) is 0 Å². The lowest BCUT2D eigenvalue weighted by atomic mass is 10.1. The summed E-state index contributed by atoms with van der Waals surface area (Å²) in [6.45, 7) is 1.83. The number of ether oxygens (including phenoxy) is 1. The summed E-state index contributed by atoms with van der Waals surface area (Å²) in [5.41, 5.74) is 0.577. The maximum Gasteiger partial charge on any atom is 0.255 e. The smallest absolute Gasteiger partial charge is 0.255 e. The highest BCUT2D eigenvalue weighted by Gasteiger charge is 2.38. The van der Waals surface area contributed by atoms with Gasteiger partial charge in [0.15, 0.2) is 0 Å². The average Bonchev–Trinajstić information content (AvgIpc) is 2.92. The Balaban J connectivity index is 1.51. The van der Waals surface area contributed by atoms with Gasteiger partial charge in [0.25, 0.3) is 5.91 Å². The topological polar surface area (TPSA) is 54.5 Å². The fourth-order valence-corrected chi connectivity index (χ4v) is 4.04. The molecule has 3 heterocycles. The summed E-state index contributed by atoms with van der Waals surface area (Å²) in [6.07, 6.45) is 4.71. The molecule has 2 unspecified atom stereocenters. The number of benzene rings is 1. The van der Waals surface area contributed by atoms with Gasteiger partial charge in [-0.15, -0.1) is 0 Å². The van der Waals surface area contributed by atoms with Crippen LogP contribution in [0, 0.1) is 0 Å². The Bertz CT molecular complexity index is 799. The van der Waals surface area contributed by atoms with Crippen molar-refractivity contribution in [3.05, 3.63) is 52.1 Å². The molecule has 2 bridgehead atoms. The molecule has 5 nitrogen and oxygen atoms in total. The Morgan fingerprint density at radius 1 is 1.15 bits per heavy atom. The van der Waals surface area contributed by atoms with Gasteiger partial charge in [-0.05, 0) is 44.0 Å². The van der Waals surface area contributed by atoms with Gasteiger partial charge in [-0.3, -0.25) is 4.79 Å². The summed E-state index contributed by atoms with van der Waals surface area (Å²) in [5.74, 6) is 0.842. The number of rotatable bonds is 3. The normalized spacial score (nSPS) is 22.2. The van der Waals surface area contributed by atoms with E-state index in [9.17, 15) is 4.79 Å². The van der Waals surface area contributed by atoms with E-state index in [4.69, 9.17) is 27.9 Å². The van der Waals surface area contributed by atoms with E-state index >= 15 is 0 Å². The number of carbonyl (C=O) groups is 1. The van der Waals surface area contributed by atoms with Gasteiger partial charge in [0.1, 0.15) is 10.8 Å². The van der Waals surface area contributed by atoms with Crippen molar-refractivity contribution in [2.24, 2.45) is 0 Å². The van der Waals surface area contributed by atoms with Crippen LogP contribution in [0.2, 0.25) is 10.0 Å². The lowest BCUT2D eigenvalue weighted by molar-refractivity contribution is 0.0680. The zero-order valence-corrected chi connectivity index (χ0v) is 15.6. The molecule has 1 N–H and O–H groups in total. The number of halogens is 2. The van der Waals surface area contributed by atoms with Crippen LogP contribution in [0.4, 0.5) is 0 Å². The minimum absolute atomic E-state index is 0.0426. The maximum absolute atomic E-state index is 13.0. The number of nitrogens with one attached hydrogen (secondary N) is 1. The molecule has 7 heteroatoms. The molecule has 26 heavy (non-hydrogen) atoms. The van der Waals surface area contributed by atoms with Crippen molar-refractivity contribution in [2.45, 2.75) is 31.3 Å². The summed E-state index contributed by atoms with van der Waals surface area (Å²) >= 11 is 12.1. The van der Waals surface area contributed by atoms with Gasteiger partial charge in [-0.25, -0.2) is 4.98 Å². The Labute approximate surface area is 162 Å². The van der Waals surface area contributed by atoms with E-state index < -0.39 is 0 Å². The molecule has 0 saturated carbocycles. The van der Waals surface area contributed by atoms with Crippen LogP contribution >= 0.6 is 23.2 Å². The van der Waals surface area contributed by atoms with Crippen LogP contribution in [0.15, 0.2) is 36.5 Å². The first-order valence-corrected chi connectivity index (χ1v) is 9.50. The molecule has 2 atom stereocenters. The Morgan fingerprint density at radius 2 is 2.00 bits per heavy atom. The fraction of sp³-hybridized carbons (Fsp3) is 0.368. The highest BCUT2D eigenvalue weighted by Crippen LogP contribution is 2.34. The Morgan fingerprint density at radius 3 is 2.81 bits per heavy atom. The zero-order chi connectivity index (χ0) is 18.1. The molecule has 2 aliphatic heterocycles. The van der Waals surface area contributed by atoms with Crippen LogP contribution in [0.3, 0.4) is 0 Å². The standard InChI is InChI=1S/C19H19Cl2N3O2/c20-15-2-1-3-16(18(15)21)26-17-7-4-12(10-23-17)19(25)24-13-5-6-14(24)11-22-9-8-13/h1-4,7,10,13-14,22H,5-6,8-9,11H2. The first-order valence-electron chi connectivity index (χ1n) is 8.75. The third-order valence-electron chi connectivity index (χ3n) is 5.00. The van der Waals surface area contributed by atoms with Gasteiger partial charge >= 0.3 is 0 Å². The third-order valence-corrected chi connectivity index (χ3v) is 5.80.